The van der Waals surface area contributed by atoms with E-state index in [1.54, 1.807) is 18.2 Å². The Morgan fingerprint density at radius 3 is 2.12 bits per heavy atom. The van der Waals surface area contributed by atoms with Crippen molar-refractivity contribution in [2.24, 2.45) is 11.8 Å². The monoisotopic (exact) mass is 727 g/mol. The van der Waals surface area contributed by atoms with Crippen LogP contribution in [0, 0.1) is 22.0 Å². The second-order valence-corrected chi connectivity index (χ2v) is 17.5. The van der Waals surface area contributed by atoms with E-state index in [2.05, 4.69) is 4.72 Å². The molecule has 0 saturated heterocycles. The first kappa shape index (κ1) is 38.0. The molecule has 1 unspecified atom stereocenters. The Labute approximate surface area is 290 Å². The van der Waals surface area contributed by atoms with Crippen molar-refractivity contribution in [3.63, 3.8) is 0 Å². The lowest BCUT2D eigenvalue weighted by Crippen LogP contribution is -2.42. The fourth-order valence-corrected chi connectivity index (χ4v) is 9.01. The van der Waals surface area contributed by atoms with Gasteiger partial charge in [-0.3, -0.25) is 14.3 Å². The standard InChI is InChI=1S/C35H41N3O8S3/c1-26(2)23-37(49(45,46)34-19-16-32(17-20-34)38(40)41)24-35(39)30(21-27-9-5-4-6-10-27)13-15-31(36-48(3,43)44)25-47(42)33-18-14-28-11-7-8-12-29(28)22-33/h4-20,22,26,30-31,35-36,39H,21,23-25H2,1-3H3/b15-13+/t30-,31-,35-,47?/m0/s1. The van der Waals surface area contributed by atoms with Crippen molar-refractivity contribution in [1.82, 2.24) is 9.03 Å². The zero-order valence-corrected chi connectivity index (χ0v) is 29.9. The summed E-state index contributed by atoms with van der Waals surface area (Å²) in [6.45, 7) is 3.44. The van der Waals surface area contributed by atoms with E-state index in [-0.39, 0.29) is 35.3 Å². The van der Waals surface area contributed by atoms with E-state index in [1.807, 2.05) is 80.6 Å². The molecule has 0 spiro atoms. The van der Waals surface area contributed by atoms with Crippen LogP contribution in [-0.2, 0) is 37.3 Å². The molecular formula is C35H41N3O8S3. The van der Waals surface area contributed by atoms with Crippen LogP contribution in [0.15, 0.2) is 119 Å². The van der Waals surface area contributed by atoms with Crippen LogP contribution in [0.1, 0.15) is 19.4 Å². The number of hydrogen-bond acceptors (Lipinski definition) is 8. The number of non-ortho nitro benzene ring substituents is 1. The molecule has 4 rings (SSSR count). The first-order valence-corrected chi connectivity index (χ1v) is 20.3. The molecule has 49 heavy (non-hydrogen) atoms. The Hall–Kier alpha value is -3.79. The van der Waals surface area contributed by atoms with Crippen molar-refractivity contribution in [2.75, 3.05) is 25.1 Å². The zero-order chi connectivity index (χ0) is 35.8. The number of nitrogens with zero attached hydrogens (tertiary/aromatic N) is 2. The number of fused-ring (bicyclic) bond motifs is 1. The number of benzene rings is 4. The summed E-state index contributed by atoms with van der Waals surface area (Å²) < 4.78 is 69.4. The highest BCUT2D eigenvalue weighted by Crippen LogP contribution is 2.24. The molecule has 0 aliphatic rings. The third kappa shape index (κ3) is 11.1. The Morgan fingerprint density at radius 1 is 0.878 bits per heavy atom. The van der Waals surface area contributed by atoms with Crippen molar-refractivity contribution in [1.29, 1.82) is 0 Å². The molecule has 0 fully saturated rings. The highest BCUT2D eigenvalue weighted by atomic mass is 32.2. The van der Waals surface area contributed by atoms with E-state index >= 15 is 0 Å². The molecule has 0 bridgehead atoms. The van der Waals surface area contributed by atoms with Crippen LogP contribution in [0.3, 0.4) is 0 Å². The van der Waals surface area contributed by atoms with Gasteiger partial charge >= 0.3 is 0 Å². The van der Waals surface area contributed by atoms with Crippen molar-refractivity contribution < 1.29 is 31.1 Å². The number of nitro benzene ring substituents is 1. The van der Waals surface area contributed by atoms with Gasteiger partial charge in [0.1, 0.15) is 0 Å². The van der Waals surface area contributed by atoms with Gasteiger partial charge in [-0.2, -0.15) is 4.31 Å². The van der Waals surface area contributed by atoms with Crippen molar-refractivity contribution in [2.45, 2.75) is 42.2 Å². The Bertz CT molecular complexity index is 2000. The average molecular weight is 728 g/mol. The van der Waals surface area contributed by atoms with Gasteiger partial charge in [0.2, 0.25) is 20.0 Å². The lowest BCUT2D eigenvalue weighted by Gasteiger charge is -2.29. The molecule has 14 heteroatoms. The van der Waals surface area contributed by atoms with Gasteiger partial charge in [-0.25, -0.2) is 21.6 Å². The van der Waals surface area contributed by atoms with Crippen LogP contribution in [0.4, 0.5) is 5.69 Å². The van der Waals surface area contributed by atoms with Gasteiger partial charge in [0.05, 0.1) is 39.0 Å². The predicted molar refractivity (Wildman–Crippen MR) is 192 cm³/mol. The third-order valence-electron chi connectivity index (χ3n) is 7.72. The maximum absolute atomic E-state index is 13.7. The summed E-state index contributed by atoms with van der Waals surface area (Å²) in [4.78, 5) is 10.9. The largest absolute Gasteiger partial charge is 0.391 e. The normalized spacial score (nSPS) is 15.1. The quantitative estimate of drug-likeness (QED) is 0.0882. The molecule has 11 nitrogen and oxygen atoms in total. The number of hydrogen-bond donors (Lipinski definition) is 2. The summed E-state index contributed by atoms with van der Waals surface area (Å²) in [5.74, 6) is -0.872. The van der Waals surface area contributed by atoms with E-state index in [0.29, 0.717) is 11.3 Å². The first-order chi connectivity index (χ1) is 23.1. The van der Waals surface area contributed by atoms with Crippen LogP contribution in [0.25, 0.3) is 10.8 Å². The summed E-state index contributed by atoms with van der Waals surface area (Å²) in [5.41, 5.74) is 0.610. The summed E-state index contributed by atoms with van der Waals surface area (Å²) in [5, 5.41) is 24.6. The minimum atomic E-state index is -4.16. The van der Waals surface area contributed by atoms with E-state index < -0.39 is 53.8 Å². The fourth-order valence-electron chi connectivity index (χ4n) is 5.38. The summed E-state index contributed by atoms with van der Waals surface area (Å²) in [6.07, 6.45) is 3.27. The van der Waals surface area contributed by atoms with E-state index in [0.717, 1.165) is 39.0 Å². The molecule has 0 heterocycles. The molecule has 0 aliphatic carbocycles. The van der Waals surface area contributed by atoms with Gasteiger partial charge in [0.25, 0.3) is 5.69 Å². The molecule has 0 aromatic heterocycles. The highest BCUT2D eigenvalue weighted by molar-refractivity contribution is 7.89. The van der Waals surface area contributed by atoms with E-state index in [4.69, 9.17) is 0 Å². The SMILES string of the molecule is CC(C)CN(C[C@H](O)[C@@H](/C=C/[C@@H](CS(=O)c1ccc2ccccc2c1)NS(C)(=O)=O)Cc1ccccc1)S(=O)(=O)c1ccc([N+](=O)[O-])cc1. The summed E-state index contributed by atoms with van der Waals surface area (Å²) >= 11 is 0. The van der Waals surface area contributed by atoms with Gasteiger partial charge in [0.15, 0.2) is 0 Å². The molecule has 262 valence electrons. The van der Waals surface area contributed by atoms with Crippen LogP contribution in [0.5, 0.6) is 0 Å². The minimum absolute atomic E-state index is 0.0706. The maximum atomic E-state index is 13.7. The third-order valence-corrected chi connectivity index (χ3v) is 11.7. The number of nitro groups is 1. The molecule has 0 saturated carbocycles. The lowest BCUT2D eigenvalue weighted by molar-refractivity contribution is -0.384. The van der Waals surface area contributed by atoms with E-state index in [9.17, 15) is 36.3 Å². The Morgan fingerprint density at radius 2 is 1.51 bits per heavy atom. The number of rotatable bonds is 17. The van der Waals surface area contributed by atoms with Crippen molar-refractivity contribution >= 4 is 47.3 Å². The van der Waals surface area contributed by atoms with Crippen molar-refractivity contribution in [3.05, 3.63) is 125 Å². The minimum Gasteiger partial charge on any atom is -0.391 e. The maximum Gasteiger partial charge on any atom is 0.269 e. The average Bonchev–Trinajstić information content (AvgIpc) is 3.05. The van der Waals surface area contributed by atoms with Gasteiger partial charge < -0.3 is 5.11 Å². The fraction of sp³-hybridized carbons (Fsp3) is 0.314. The van der Waals surface area contributed by atoms with Crippen LogP contribution in [-0.4, -0.2) is 72.6 Å². The molecule has 4 aromatic rings. The predicted octanol–water partition coefficient (Wildman–Crippen LogP) is 4.90. The molecule has 0 aliphatic heterocycles. The Kier molecular flexibility index (Phi) is 13.0. The highest BCUT2D eigenvalue weighted by Gasteiger charge is 2.30. The van der Waals surface area contributed by atoms with Gasteiger partial charge in [-0.05, 0) is 52.9 Å². The smallest absolute Gasteiger partial charge is 0.269 e. The molecule has 0 radical (unpaired) electrons. The second kappa shape index (κ2) is 16.7. The summed E-state index contributed by atoms with van der Waals surface area (Å²) in [7, 11) is -9.49. The first-order valence-electron chi connectivity index (χ1n) is 15.6. The number of aliphatic hydroxyl groups is 1. The van der Waals surface area contributed by atoms with Gasteiger partial charge in [-0.1, -0.05) is 86.7 Å². The molecule has 0 amide bonds. The lowest BCUT2D eigenvalue weighted by atomic mass is 9.92. The Balaban J connectivity index is 1.63. The van der Waals surface area contributed by atoms with Crippen molar-refractivity contribution in [3.8, 4) is 0 Å². The van der Waals surface area contributed by atoms with Crippen LogP contribution >= 0.6 is 0 Å². The van der Waals surface area contributed by atoms with Gasteiger partial charge in [-0.15, -0.1) is 0 Å². The number of aliphatic hydroxyl groups excluding tert-OH is 1. The topological polar surface area (TPSA) is 164 Å². The number of nitrogens with one attached hydrogen (secondary N) is 1. The molecule has 2 N–H and O–H groups in total. The van der Waals surface area contributed by atoms with Crippen LogP contribution < -0.4 is 4.72 Å². The number of sulfonamides is 2. The van der Waals surface area contributed by atoms with E-state index in [1.165, 1.54) is 12.1 Å². The molecule has 4 aromatic carbocycles. The summed E-state index contributed by atoms with van der Waals surface area (Å²) in [6, 6.07) is 26.0. The molecular weight excluding hydrogens is 687 g/mol. The van der Waals surface area contributed by atoms with Crippen LogP contribution in [0.2, 0.25) is 0 Å². The van der Waals surface area contributed by atoms with Gasteiger partial charge in [0, 0.05) is 41.8 Å². The second-order valence-electron chi connectivity index (χ2n) is 12.3. The molecule has 4 atom stereocenters. The zero-order valence-electron chi connectivity index (χ0n) is 27.5.